The maximum atomic E-state index is 11.9. The van der Waals surface area contributed by atoms with Crippen molar-refractivity contribution in [2.45, 2.75) is 45.8 Å². The SMILES string of the molecule is COCCOc1ccc(-c2nc(N3CCc4cc(CNCCC(=O)OC(C)(C)C)ccc43)no2)cc1C#N. The van der Waals surface area contributed by atoms with E-state index in [9.17, 15) is 10.1 Å². The largest absolute Gasteiger partial charge is 0.490 e. The molecule has 2 aromatic carbocycles. The number of hydrogen-bond acceptors (Lipinski definition) is 10. The Hall–Kier alpha value is -3.94. The number of anilines is 2. The van der Waals surface area contributed by atoms with Gasteiger partial charge in [-0.3, -0.25) is 4.79 Å². The summed E-state index contributed by atoms with van der Waals surface area (Å²) in [5.41, 5.74) is 3.94. The first-order valence-corrected chi connectivity index (χ1v) is 12.6. The summed E-state index contributed by atoms with van der Waals surface area (Å²) in [6.07, 6.45) is 1.19. The van der Waals surface area contributed by atoms with Crippen LogP contribution in [0.25, 0.3) is 11.5 Å². The van der Waals surface area contributed by atoms with E-state index in [1.165, 1.54) is 5.56 Å². The number of aromatic nitrogens is 2. The second-order valence-corrected chi connectivity index (χ2v) is 9.94. The normalized spacial score (nSPS) is 12.8. The van der Waals surface area contributed by atoms with Gasteiger partial charge in [-0.2, -0.15) is 10.2 Å². The van der Waals surface area contributed by atoms with E-state index in [2.05, 4.69) is 39.7 Å². The molecule has 1 N–H and O–H groups in total. The van der Waals surface area contributed by atoms with Crippen molar-refractivity contribution in [3.05, 3.63) is 53.1 Å². The summed E-state index contributed by atoms with van der Waals surface area (Å²) < 4.78 is 21.5. The Labute approximate surface area is 222 Å². The Morgan fingerprint density at radius 2 is 2.05 bits per heavy atom. The van der Waals surface area contributed by atoms with Crippen LogP contribution in [-0.2, 0) is 27.2 Å². The summed E-state index contributed by atoms with van der Waals surface area (Å²) in [6.45, 7) is 8.34. The second kappa shape index (κ2) is 12.1. The molecule has 0 fully saturated rings. The third kappa shape index (κ3) is 6.88. The molecule has 0 radical (unpaired) electrons. The fraction of sp³-hybridized carbons (Fsp3) is 0.429. The van der Waals surface area contributed by atoms with Crippen molar-refractivity contribution in [1.82, 2.24) is 15.5 Å². The molecule has 1 aliphatic rings. The van der Waals surface area contributed by atoms with Gasteiger partial charge in [-0.05, 0) is 67.7 Å². The molecule has 0 atom stereocenters. The molecule has 10 heteroatoms. The van der Waals surface area contributed by atoms with Crippen molar-refractivity contribution in [2.75, 3.05) is 38.3 Å². The van der Waals surface area contributed by atoms with Gasteiger partial charge in [0.05, 0.1) is 18.6 Å². The minimum atomic E-state index is -0.467. The Balaban J connectivity index is 1.37. The third-order valence-corrected chi connectivity index (χ3v) is 5.84. The minimum Gasteiger partial charge on any atom is -0.490 e. The van der Waals surface area contributed by atoms with Crippen molar-refractivity contribution in [3.63, 3.8) is 0 Å². The smallest absolute Gasteiger partial charge is 0.307 e. The molecule has 200 valence electrons. The lowest BCUT2D eigenvalue weighted by Crippen LogP contribution is -2.26. The zero-order valence-corrected chi connectivity index (χ0v) is 22.2. The number of carbonyl (C=O) groups excluding carboxylic acids is 1. The maximum absolute atomic E-state index is 11.9. The molecule has 0 amide bonds. The van der Waals surface area contributed by atoms with E-state index in [4.69, 9.17) is 18.7 Å². The topological polar surface area (TPSA) is 123 Å². The summed E-state index contributed by atoms with van der Waals surface area (Å²) in [6, 6.07) is 13.6. The highest BCUT2D eigenvalue weighted by atomic mass is 16.6. The van der Waals surface area contributed by atoms with Crippen molar-refractivity contribution < 1.29 is 23.5 Å². The summed E-state index contributed by atoms with van der Waals surface area (Å²) in [5.74, 6) is 1.08. The van der Waals surface area contributed by atoms with Crippen LogP contribution in [0, 0.1) is 11.3 Å². The van der Waals surface area contributed by atoms with Crippen LogP contribution in [0.3, 0.4) is 0 Å². The molecular weight excluding hydrogens is 486 g/mol. The van der Waals surface area contributed by atoms with Gasteiger partial charge in [-0.25, -0.2) is 0 Å². The van der Waals surface area contributed by atoms with Crippen molar-refractivity contribution in [3.8, 4) is 23.3 Å². The van der Waals surface area contributed by atoms with Crippen LogP contribution >= 0.6 is 0 Å². The van der Waals surface area contributed by atoms with Crippen LogP contribution in [0.4, 0.5) is 11.6 Å². The number of fused-ring (bicyclic) bond motifs is 1. The minimum absolute atomic E-state index is 0.204. The van der Waals surface area contributed by atoms with E-state index >= 15 is 0 Å². The van der Waals surface area contributed by atoms with Crippen LogP contribution in [-0.4, -0.2) is 55.1 Å². The average Bonchev–Trinajstić information content (AvgIpc) is 3.53. The zero-order valence-electron chi connectivity index (χ0n) is 22.2. The number of esters is 1. The van der Waals surface area contributed by atoms with Gasteiger partial charge in [0.2, 0.25) is 0 Å². The number of benzene rings is 2. The fourth-order valence-electron chi connectivity index (χ4n) is 4.14. The Morgan fingerprint density at radius 3 is 2.82 bits per heavy atom. The molecule has 0 unspecified atom stereocenters. The molecule has 0 saturated carbocycles. The van der Waals surface area contributed by atoms with E-state index in [0.29, 0.717) is 61.4 Å². The monoisotopic (exact) mass is 519 g/mol. The first kappa shape index (κ1) is 27.1. The lowest BCUT2D eigenvalue weighted by Gasteiger charge is -2.19. The van der Waals surface area contributed by atoms with E-state index in [-0.39, 0.29) is 5.97 Å². The van der Waals surface area contributed by atoms with Crippen LogP contribution < -0.4 is 15.0 Å². The van der Waals surface area contributed by atoms with Gasteiger partial charge in [0, 0.05) is 38.0 Å². The first-order valence-electron chi connectivity index (χ1n) is 12.6. The van der Waals surface area contributed by atoms with Crippen LogP contribution in [0.15, 0.2) is 40.9 Å². The second-order valence-electron chi connectivity index (χ2n) is 9.94. The maximum Gasteiger partial charge on any atom is 0.307 e. The molecule has 1 aliphatic heterocycles. The quantitative estimate of drug-likeness (QED) is 0.292. The fourth-order valence-corrected chi connectivity index (χ4v) is 4.14. The molecule has 0 spiro atoms. The Bertz CT molecular complexity index is 1310. The Kier molecular flexibility index (Phi) is 8.61. The number of nitrogens with zero attached hydrogens (tertiary/aromatic N) is 4. The standard InChI is InChI=1S/C28H33N5O5/c1-28(2,3)37-25(34)9-11-30-18-19-5-7-23-20(15-19)10-12-33(23)27-31-26(38-32-27)21-6-8-24(22(16-21)17-29)36-14-13-35-4/h5-8,15-16,30H,9-14,18H2,1-4H3. The summed E-state index contributed by atoms with van der Waals surface area (Å²) >= 11 is 0. The molecule has 1 aromatic heterocycles. The van der Waals surface area contributed by atoms with E-state index in [1.54, 1.807) is 25.3 Å². The molecule has 0 aliphatic carbocycles. The highest BCUT2D eigenvalue weighted by Crippen LogP contribution is 2.35. The number of ether oxygens (including phenoxy) is 3. The van der Waals surface area contributed by atoms with Crippen molar-refractivity contribution in [2.24, 2.45) is 0 Å². The van der Waals surface area contributed by atoms with Crippen LogP contribution in [0.1, 0.15) is 43.9 Å². The predicted octanol–water partition coefficient (Wildman–Crippen LogP) is 4.15. The summed E-state index contributed by atoms with van der Waals surface area (Å²) in [5, 5.41) is 17.0. The molecular formula is C28H33N5O5. The van der Waals surface area contributed by atoms with Crippen LogP contribution in [0.2, 0.25) is 0 Å². The van der Waals surface area contributed by atoms with Gasteiger partial charge < -0.3 is 29.0 Å². The van der Waals surface area contributed by atoms with Gasteiger partial charge >= 0.3 is 5.97 Å². The van der Waals surface area contributed by atoms with E-state index in [1.807, 2.05) is 25.7 Å². The highest BCUT2D eigenvalue weighted by molar-refractivity contribution is 5.70. The van der Waals surface area contributed by atoms with E-state index < -0.39 is 5.60 Å². The molecule has 0 bridgehead atoms. The molecule has 10 nitrogen and oxygen atoms in total. The third-order valence-electron chi connectivity index (χ3n) is 5.84. The van der Waals surface area contributed by atoms with Gasteiger partial charge in [0.25, 0.3) is 11.8 Å². The van der Waals surface area contributed by atoms with Gasteiger partial charge in [-0.1, -0.05) is 12.1 Å². The zero-order chi connectivity index (χ0) is 27.1. The summed E-state index contributed by atoms with van der Waals surface area (Å²) in [4.78, 5) is 18.5. The Morgan fingerprint density at radius 1 is 1.21 bits per heavy atom. The van der Waals surface area contributed by atoms with Gasteiger partial charge in [-0.15, -0.1) is 0 Å². The summed E-state index contributed by atoms with van der Waals surface area (Å²) in [7, 11) is 1.59. The number of rotatable bonds is 11. The molecule has 2 heterocycles. The molecule has 38 heavy (non-hydrogen) atoms. The number of carbonyl (C=O) groups is 1. The predicted molar refractivity (Wildman–Crippen MR) is 141 cm³/mol. The van der Waals surface area contributed by atoms with Gasteiger partial charge in [0.1, 0.15) is 24.0 Å². The highest BCUT2D eigenvalue weighted by Gasteiger charge is 2.25. The molecule has 4 rings (SSSR count). The number of hydrogen-bond donors (Lipinski definition) is 1. The molecule has 0 saturated heterocycles. The average molecular weight is 520 g/mol. The van der Waals surface area contributed by atoms with Gasteiger partial charge in [0.15, 0.2) is 0 Å². The number of nitriles is 1. The number of nitrogens with one attached hydrogen (secondary N) is 1. The van der Waals surface area contributed by atoms with E-state index in [0.717, 1.165) is 24.2 Å². The lowest BCUT2D eigenvalue weighted by atomic mass is 10.1. The molecule has 3 aromatic rings. The van der Waals surface area contributed by atoms with Crippen LogP contribution in [0.5, 0.6) is 5.75 Å². The van der Waals surface area contributed by atoms with Crippen molar-refractivity contribution >= 4 is 17.6 Å². The number of methoxy groups -OCH3 is 1. The lowest BCUT2D eigenvalue weighted by molar-refractivity contribution is -0.154. The first-order chi connectivity index (χ1) is 18.3. The van der Waals surface area contributed by atoms with Crippen molar-refractivity contribution in [1.29, 1.82) is 5.26 Å².